The van der Waals surface area contributed by atoms with Crippen LogP contribution in [0.3, 0.4) is 0 Å². The Hall–Kier alpha value is -1.27. The first-order valence-corrected chi connectivity index (χ1v) is 5.96. The van der Waals surface area contributed by atoms with E-state index in [1.165, 1.54) is 12.8 Å². The largest absolute Gasteiger partial charge is 0.354 e. The highest BCUT2D eigenvalue weighted by Gasteiger charge is 2.29. The number of nitriles is 1. The Morgan fingerprint density at radius 3 is 2.88 bits per heavy atom. The van der Waals surface area contributed by atoms with E-state index in [1.807, 2.05) is 6.07 Å². The van der Waals surface area contributed by atoms with E-state index in [0.29, 0.717) is 16.8 Å². The standard InChI is InChI=1S/C12H14ClN3/c1-2-5-16(10-3-4-10)12-7-9(8-14)6-11(13)15-12/h6-7,10H,2-5H2,1H3. The lowest BCUT2D eigenvalue weighted by Gasteiger charge is -2.23. The molecule has 1 aliphatic carbocycles. The van der Waals surface area contributed by atoms with Crippen molar-refractivity contribution in [2.24, 2.45) is 0 Å². The smallest absolute Gasteiger partial charge is 0.132 e. The second kappa shape index (κ2) is 4.71. The molecule has 0 atom stereocenters. The SMILES string of the molecule is CCCN(c1cc(C#N)cc(Cl)n1)C1CC1. The summed E-state index contributed by atoms with van der Waals surface area (Å²) in [6.45, 7) is 3.12. The molecule has 0 unspecified atom stereocenters. The van der Waals surface area contributed by atoms with Gasteiger partial charge in [0.05, 0.1) is 11.6 Å². The summed E-state index contributed by atoms with van der Waals surface area (Å²) in [6.07, 6.45) is 3.51. The summed E-state index contributed by atoms with van der Waals surface area (Å²) in [5, 5.41) is 9.30. The Kier molecular flexibility index (Phi) is 3.31. The molecule has 3 nitrogen and oxygen atoms in total. The van der Waals surface area contributed by atoms with Gasteiger partial charge in [0.25, 0.3) is 0 Å². The van der Waals surface area contributed by atoms with Crippen LogP contribution in [0.5, 0.6) is 0 Å². The van der Waals surface area contributed by atoms with E-state index >= 15 is 0 Å². The van der Waals surface area contributed by atoms with Crippen molar-refractivity contribution >= 4 is 17.4 Å². The molecule has 0 amide bonds. The molecule has 0 radical (unpaired) electrons. The van der Waals surface area contributed by atoms with Crippen molar-refractivity contribution in [1.82, 2.24) is 4.98 Å². The molecule has 1 saturated carbocycles. The highest BCUT2D eigenvalue weighted by molar-refractivity contribution is 6.29. The summed E-state index contributed by atoms with van der Waals surface area (Å²) in [6, 6.07) is 6.13. The molecule has 16 heavy (non-hydrogen) atoms. The average Bonchev–Trinajstić information content (AvgIpc) is 3.08. The molecule has 0 aromatic carbocycles. The molecule has 1 fully saturated rings. The quantitative estimate of drug-likeness (QED) is 0.754. The van der Waals surface area contributed by atoms with E-state index in [2.05, 4.69) is 22.9 Å². The van der Waals surface area contributed by atoms with Crippen LogP contribution < -0.4 is 4.90 Å². The zero-order valence-electron chi connectivity index (χ0n) is 9.28. The number of hydrogen-bond acceptors (Lipinski definition) is 3. The third-order valence-corrected chi connectivity index (χ3v) is 2.85. The summed E-state index contributed by atoms with van der Waals surface area (Å²) in [5.41, 5.74) is 0.580. The molecule has 0 bridgehead atoms. The lowest BCUT2D eigenvalue weighted by atomic mass is 10.2. The fraction of sp³-hybridized carbons (Fsp3) is 0.500. The van der Waals surface area contributed by atoms with Crippen molar-refractivity contribution in [1.29, 1.82) is 5.26 Å². The Bertz CT molecular complexity index is 421. The van der Waals surface area contributed by atoms with E-state index in [9.17, 15) is 0 Å². The van der Waals surface area contributed by atoms with Crippen molar-refractivity contribution in [3.63, 3.8) is 0 Å². The molecule has 4 heteroatoms. The minimum atomic E-state index is 0.399. The minimum Gasteiger partial charge on any atom is -0.354 e. The Morgan fingerprint density at radius 2 is 2.31 bits per heavy atom. The highest BCUT2D eigenvalue weighted by atomic mass is 35.5. The summed E-state index contributed by atoms with van der Waals surface area (Å²) in [4.78, 5) is 6.56. The van der Waals surface area contributed by atoms with Crippen molar-refractivity contribution in [2.75, 3.05) is 11.4 Å². The van der Waals surface area contributed by atoms with Crippen LogP contribution in [0.1, 0.15) is 31.7 Å². The van der Waals surface area contributed by atoms with Gasteiger partial charge < -0.3 is 4.90 Å². The fourth-order valence-corrected chi connectivity index (χ4v) is 2.01. The first-order valence-electron chi connectivity index (χ1n) is 5.59. The summed E-state index contributed by atoms with van der Waals surface area (Å²) in [7, 11) is 0. The Balaban J connectivity index is 2.29. The lowest BCUT2D eigenvalue weighted by molar-refractivity contribution is 0.750. The van der Waals surface area contributed by atoms with Gasteiger partial charge in [-0.1, -0.05) is 18.5 Å². The van der Waals surface area contributed by atoms with Crippen LogP contribution in [0, 0.1) is 11.3 Å². The van der Waals surface area contributed by atoms with Crippen LogP contribution in [-0.4, -0.2) is 17.6 Å². The van der Waals surface area contributed by atoms with Gasteiger partial charge >= 0.3 is 0 Å². The van der Waals surface area contributed by atoms with E-state index in [0.717, 1.165) is 18.8 Å². The van der Waals surface area contributed by atoms with Gasteiger partial charge in [0, 0.05) is 12.6 Å². The molecule has 1 aromatic heterocycles. The maximum absolute atomic E-state index is 8.90. The van der Waals surface area contributed by atoms with Gasteiger partial charge in [-0.2, -0.15) is 5.26 Å². The Morgan fingerprint density at radius 1 is 1.56 bits per heavy atom. The van der Waals surface area contributed by atoms with Gasteiger partial charge in [-0.3, -0.25) is 0 Å². The van der Waals surface area contributed by atoms with Crippen molar-refractivity contribution in [3.8, 4) is 6.07 Å². The van der Waals surface area contributed by atoms with Crippen molar-refractivity contribution in [2.45, 2.75) is 32.2 Å². The Labute approximate surface area is 101 Å². The maximum atomic E-state index is 8.90. The normalized spacial score (nSPS) is 14.6. The lowest BCUT2D eigenvalue weighted by Crippen LogP contribution is -2.27. The number of aromatic nitrogens is 1. The van der Waals surface area contributed by atoms with E-state index in [1.54, 1.807) is 6.07 Å². The van der Waals surface area contributed by atoms with Crippen LogP contribution in [0.4, 0.5) is 5.82 Å². The fourth-order valence-electron chi connectivity index (χ4n) is 1.81. The van der Waals surface area contributed by atoms with Gasteiger partial charge in [-0.05, 0) is 31.4 Å². The summed E-state index contributed by atoms with van der Waals surface area (Å²) >= 11 is 5.91. The molecule has 2 rings (SSSR count). The van der Waals surface area contributed by atoms with E-state index < -0.39 is 0 Å². The van der Waals surface area contributed by atoms with Gasteiger partial charge in [0.15, 0.2) is 0 Å². The van der Waals surface area contributed by atoms with Crippen LogP contribution in [0.15, 0.2) is 12.1 Å². The maximum Gasteiger partial charge on any atom is 0.132 e. The number of halogens is 1. The van der Waals surface area contributed by atoms with Crippen LogP contribution in [0.2, 0.25) is 5.15 Å². The monoisotopic (exact) mass is 235 g/mol. The van der Waals surface area contributed by atoms with Gasteiger partial charge in [-0.15, -0.1) is 0 Å². The molecule has 1 aliphatic rings. The molecule has 1 aromatic rings. The van der Waals surface area contributed by atoms with Crippen LogP contribution in [-0.2, 0) is 0 Å². The number of nitrogens with zero attached hydrogens (tertiary/aromatic N) is 3. The molecule has 0 N–H and O–H groups in total. The summed E-state index contributed by atoms with van der Waals surface area (Å²) < 4.78 is 0. The topological polar surface area (TPSA) is 39.9 Å². The van der Waals surface area contributed by atoms with Gasteiger partial charge in [0.1, 0.15) is 11.0 Å². The second-order valence-electron chi connectivity index (χ2n) is 4.07. The average molecular weight is 236 g/mol. The van der Waals surface area contributed by atoms with Gasteiger partial charge in [0.2, 0.25) is 0 Å². The van der Waals surface area contributed by atoms with Crippen LogP contribution >= 0.6 is 11.6 Å². The molecule has 84 valence electrons. The van der Waals surface area contributed by atoms with Crippen LogP contribution in [0.25, 0.3) is 0 Å². The molecule has 0 spiro atoms. The van der Waals surface area contributed by atoms with E-state index in [4.69, 9.17) is 16.9 Å². The number of anilines is 1. The zero-order valence-corrected chi connectivity index (χ0v) is 10.0. The molecule has 1 heterocycles. The first-order chi connectivity index (χ1) is 7.74. The molecule has 0 aliphatic heterocycles. The predicted molar refractivity (Wildman–Crippen MR) is 64.6 cm³/mol. The second-order valence-corrected chi connectivity index (χ2v) is 4.46. The third-order valence-electron chi connectivity index (χ3n) is 2.66. The van der Waals surface area contributed by atoms with E-state index in [-0.39, 0.29) is 0 Å². The van der Waals surface area contributed by atoms with Crippen molar-refractivity contribution < 1.29 is 0 Å². The number of rotatable bonds is 4. The molecular weight excluding hydrogens is 222 g/mol. The third kappa shape index (κ3) is 2.45. The molecule has 0 saturated heterocycles. The number of hydrogen-bond donors (Lipinski definition) is 0. The first kappa shape index (κ1) is 11.2. The summed E-state index contributed by atoms with van der Waals surface area (Å²) in [5.74, 6) is 0.841. The minimum absolute atomic E-state index is 0.399. The molecular formula is C12H14ClN3. The zero-order chi connectivity index (χ0) is 11.5. The number of pyridine rings is 1. The van der Waals surface area contributed by atoms with Crippen molar-refractivity contribution in [3.05, 3.63) is 22.8 Å². The predicted octanol–water partition coefficient (Wildman–Crippen LogP) is 2.99. The van der Waals surface area contributed by atoms with Gasteiger partial charge in [-0.25, -0.2) is 4.98 Å². The highest BCUT2D eigenvalue weighted by Crippen LogP contribution is 2.31.